The van der Waals surface area contributed by atoms with Crippen LogP contribution in [0.25, 0.3) is 0 Å². The van der Waals surface area contributed by atoms with Gasteiger partial charge in [0.15, 0.2) is 0 Å². The number of carbonyl (C=O) groups is 1. The van der Waals surface area contributed by atoms with E-state index in [0.717, 1.165) is 37.9 Å². The first-order chi connectivity index (χ1) is 10.6. The lowest BCUT2D eigenvalue weighted by Gasteiger charge is -2.00. The van der Waals surface area contributed by atoms with Crippen molar-refractivity contribution in [3.05, 3.63) is 23.2 Å². The summed E-state index contributed by atoms with van der Waals surface area (Å²) in [6.45, 7) is 4.37. The van der Waals surface area contributed by atoms with E-state index in [2.05, 4.69) is 19.9 Å². The molecule has 0 bridgehead atoms. The molecule has 22 heavy (non-hydrogen) atoms. The standard InChI is InChI=1S/C19H32O3/c1-3-4-9-13-18-16(2)15-17(22-18)12-10-7-5-6-8-11-14-19(20)21/h15H,3-14H2,1-2H3,(H,20,21). The molecule has 0 atom stereocenters. The fourth-order valence-electron chi connectivity index (χ4n) is 2.78. The molecule has 0 aliphatic carbocycles. The van der Waals surface area contributed by atoms with Crippen LogP contribution < -0.4 is 0 Å². The zero-order valence-corrected chi connectivity index (χ0v) is 14.3. The molecule has 1 aromatic rings. The Hall–Kier alpha value is -1.25. The van der Waals surface area contributed by atoms with Crippen molar-refractivity contribution < 1.29 is 14.3 Å². The minimum absolute atomic E-state index is 0.312. The SMILES string of the molecule is CCCCCc1oc(CCCCCCCCC(=O)O)cc1C. The number of hydrogen-bond acceptors (Lipinski definition) is 2. The van der Waals surface area contributed by atoms with Crippen LogP contribution in [-0.4, -0.2) is 11.1 Å². The Bertz CT molecular complexity index is 420. The maximum atomic E-state index is 10.4. The summed E-state index contributed by atoms with van der Waals surface area (Å²) in [6, 6.07) is 2.20. The van der Waals surface area contributed by atoms with Gasteiger partial charge in [-0.05, 0) is 37.8 Å². The van der Waals surface area contributed by atoms with Gasteiger partial charge in [0.1, 0.15) is 11.5 Å². The summed E-state index contributed by atoms with van der Waals surface area (Å²) in [6.07, 6.45) is 12.7. The molecule has 0 unspecified atom stereocenters. The average molecular weight is 308 g/mol. The van der Waals surface area contributed by atoms with E-state index in [1.54, 1.807) is 0 Å². The van der Waals surface area contributed by atoms with Gasteiger partial charge in [-0.1, -0.05) is 45.4 Å². The maximum absolute atomic E-state index is 10.4. The van der Waals surface area contributed by atoms with Crippen LogP contribution in [0.2, 0.25) is 0 Å². The molecule has 0 amide bonds. The number of unbranched alkanes of at least 4 members (excludes halogenated alkanes) is 7. The van der Waals surface area contributed by atoms with Crippen molar-refractivity contribution in [2.75, 3.05) is 0 Å². The van der Waals surface area contributed by atoms with Crippen molar-refractivity contribution in [3.63, 3.8) is 0 Å². The highest BCUT2D eigenvalue weighted by molar-refractivity contribution is 5.66. The van der Waals surface area contributed by atoms with Crippen LogP contribution in [-0.2, 0) is 17.6 Å². The normalized spacial score (nSPS) is 11.0. The summed E-state index contributed by atoms with van der Waals surface area (Å²) in [5.41, 5.74) is 1.31. The largest absolute Gasteiger partial charge is 0.481 e. The van der Waals surface area contributed by atoms with Gasteiger partial charge >= 0.3 is 5.97 Å². The summed E-state index contributed by atoms with van der Waals surface area (Å²) < 4.78 is 5.97. The first-order valence-electron chi connectivity index (χ1n) is 8.93. The van der Waals surface area contributed by atoms with Crippen LogP contribution in [0.3, 0.4) is 0 Å². The number of carboxylic acid groups (broad SMARTS) is 1. The Morgan fingerprint density at radius 3 is 2.32 bits per heavy atom. The molecule has 0 aliphatic heterocycles. The minimum atomic E-state index is -0.678. The third-order valence-corrected chi connectivity index (χ3v) is 4.14. The number of hydrogen-bond donors (Lipinski definition) is 1. The highest BCUT2D eigenvalue weighted by atomic mass is 16.4. The average Bonchev–Trinajstić information content (AvgIpc) is 2.82. The number of aliphatic carboxylic acids is 1. The fraction of sp³-hybridized carbons (Fsp3) is 0.737. The van der Waals surface area contributed by atoms with Gasteiger partial charge in [0, 0.05) is 19.3 Å². The molecule has 0 saturated carbocycles. The molecule has 0 aromatic carbocycles. The zero-order chi connectivity index (χ0) is 16.2. The van der Waals surface area contributed by atoms with Crippen LogP contribution in [0, 0.1) is 6.92 Å². The second-order valence-electron chi connectivity index (χ2n) is 6.29. The van der Waals surface area contributed by atoms with Gasteiger partial charge in [0.05, 0.1) is 0 Å². The first kappa shape index (κ1) is 18.8. The lowest BCUT2D eigenvalue weighted by atomic mass is 10.1. The Balaban J connectivity index is 2.09. The third kappa shape index (κ3) is 8.26. The van der Waals surface area contributed by atoms with E-state index in [-0.39, 0.29) is 0 Å². The van der Waals surface area contributed by atoms with Crippen molar-refractivity contribution >= 4 is 5.97 Å². The second-order valence-corrected chi connectivity index (χ2v) is 6.29. The molecule has 0 saturated heterocycles. The number of rotatable bonds is 13. The number of carboxylic acids is 1. The van der Waals surface area contributed by atoms with E-state index in [4.69, 9.17) is 9.52 Å². The summed E-state index contributed by atoms with van der Waals surface area (Å²) in [5.74, 6) is 1.63. The first-order valence-corrected chi connectivity index (χ1v) is 8.93. The predicted octanol–water partition coefficient (Wildman–Crippen LogP) is 5.68. The molecule has 1 N–H and O–H groups in total. The molecule has 0 spiro atoms. The molecule has 126 valence electrons. The molecular formula is C19H32O3. The van der Waals surface area contributed by atoms with Gasteiger partial charge in [-0.25, -0.2) is 0 Å². The van der Waals surface area contributed by atoms with Crippen LogP contribution in [0.4, 0.5) is 0 Å². The number of furan rings is 1. The maximum Gasteiger partial charge on any atom is 0.303 e. The molecular weight excluding hydrogens is 276 g/mol. The Kier molecular flexibility index (Phi) is 9.69. The third-order valence-electron chi connectivity index (χ3n) is 4.14. The number of aryl methyl sites for hydroxylation is 3. The lowest BCUT2D eigenvalue weighted by Crippen LogP contribution is -1.93. The highest BCUT2D eigenvalue weighted by Crippen LogP contribution is 2.19. The Labute approximate surface area is 135 Å². The lowest BCUT2D eigenvalue weighted by molar-refractivity contribution is -0.137. The van der Waals surface area contributed by atoms with Crippen LogP contribution in [0.5, 0.6) is 0 Å². The van der Waals surface area contributed by atoms with E-state index >= 15 is 0 Å². The predicted molar refractivity (Wildman–Crippen MR) is 90.3 cm³/mol. The van der Waals surface area contributed by atoms with Crippen molar-refractivity contribution in [2.45, 2.75) is 90.9 Å². The van der Waals surface area contributed by atoms with E-state index in [1.165, 1.54) is 49.8 Å². The van der Waals surface area contributed by atoms with Crippen molar-refractivity contribution in [3.8, 4) is 0 Å². The van der Waals surface area contributed by atoms with E-state index in [1.807, 2.05) is 0 Å². The Morgan fingerprint density at radius 1 is 1.00 bits per heavy atom. The monoisotopic (exact) mass is 308 g/mol. The summed E-state index contributed by atoms with van der Waals surface area (Å²) >= 11 is 0. The summed E-state index contributed by atoms with van der Waals surface area (Å²) in [5, 5.41) is 8.56. The van der Waals surface area contributed by atoms with E-state index in [9.17, 15) is 4.79 Å². The van der Waals surface area contributed by atoms with Gasteiger partial charge in [-0.3, -0.25) is 4.79 Å². The van der Waals surface area contributed by atoms with Crippen molar-refractivity contribution in [2.24, 2.45) is 0 Å². The van der Waals surface area contributed by atoms with Gasteiger partial charge in [-0.2, -0.15) is 0 Å². The molecule has 0 radical (unpaired) electrons. The smallest absolute Gasteiger partial charge is 0.303 e. The van der Waals surface area contributed by atoms with Gasteiger partial charge in [0.25, 0.3) is 0 Å². The van der Waals surface area contributed by atoms with Crippen LogP contribution in [0.15, 0.2) is 10.5 Å². The molecule has 3 nitrogen and oxygen atoms in total. The fourth-order valence-corrected chi connectivity index (χ4v) is 2.78. The minimum Gasteiger partial charge on any atom is -0.481 e. The molecule has 0 aliphatic rings. The molecule has 1 aromatic heterocycles. The van der Waals surface area contributed by atoms with E-state index in [0.29, 0.717) is 6.42 Å². The molecule has 1 heterocycles. The second kappa shape index (κ2) is 11.3. The van der Waals surface area contributed by atoms with Crippen LogP contribution in [0.1, 0.15) is 88.2 Å². The van der Waals surface area contributed by atoms with Gasteiger partial charge in [-0.15, -0.1) is 0 Å². The molecule has 3 heteroatoms. The topological polar surface area (TPSA) is 50.4 Å². The van der Waals surface area contributed by atoms with E-state index < -0.39 is 5.97 Å². The van der Waals surface area contributed by atoms with Crippen LogP contribution >= 0.6 is 0 Å². The van der Waals surface area contributed by atoms with Gasteiger partial charge < -0.3 is 9.52 Å². The Morgan fingerprint density at radius 2 is 1.64 bits per heavy atom. The van der Waals surface area contributed by atoms with Crippen molar-refractivity contribution in [1.82, 2.24) is 0 Å². The summed E-state index contributed by atoms with van der Waals surface area (Å²) in [4.78, 5) is 10.4. The molecule has 1 rings (SSSR count). The highest BCUT2D eigenvalue weighted by Gasteiger charge is 2.07. The van der Waals surface area contributed by atoms with Gasteiger partial charge in [0.2, 0.25) is 0 Å². The zero-order valence-electron chi connectivity index (χ0n) is 14.3. The van der Waals surface area contributed by atoms with Crippen molar-refractivity contribution in [1.29, 1.82) is 0 Å². The summed E-state index contributed by atoms with van der Waals surface area (Å²) in [7, 11) is 0. The molecule has 0 fully saturated rings. The quantitative estimate of drug-likeness (QED) is 0.477.